The molecule has 0 atom stereocenters. The summed E-state index contributed by atoms with van der Waals surface area (Å²) in [5.41, 5.74) is 1.81. The number of ether oxygens (including phenoxy) is 1. The molecule has 5 heteroatoms. The number of carboxylic acid groups (broad SMARTS) is 1. The van der Waals surface area contributed by atoms with Crippen molar-refractivity contribution in [2.24, 2.45) is 0 Å². The highest BCUT2D eigenvalue weighted by atomic mass is 19.1. The van der Waals surface area contributed by atoms with E-state index in [2.05, 4.69) is 4.98 Å². The first kappa shape index (κ1) is 15.7. The van der Waals surface area contributed by atoms with Crippen molar-refractivity contribution in [3.63, 3.8) is 0 Å². The second kappa shape index (κ2) is 6.91. The molecular formula is C19H14FNO3. The van der Waals surface area contributed by atoms with E-state index in [0.717, 1.165) is 11.8 Å². The molecule has 0 spiro atoms. The van der Waals surface area contributed by atoms with Gasteiger partial charge in [-0.1, -0.05) is 30.3 Å². The molecule has 0 bridgehead atoms. The Morgan fingerprint density at radius 2 is 1.88 bits per heavy atom. The van der Waals surface area contributed by atoms with Gasteiger partial charge in [0.1, 0.15) is 18.2 Å². The van der Waals surface area contributed by atoms with Crippen molar-refractivity contribution in [1.29, 1.82) is 0 Å². The van der Waals surface area contributed by atoms with Gasteiger partial charge >= 0.3 is 5.97 Å². The van der Waals surface area contributed by atoms with Gasteiger partial charge < -0.3 is 9.84 Å². The van der Waals surface area contributed by atoms with Crippen molar-refractivity contribution >= 4 is 5.97 Å². The summed E-state index contributed by atoms with van der Waals surface area (Å²) in [4.78, 5) is 15.3. The molecule has 4 nitrogen and oxygen atoms in total. The summed E-state index contributed by atoms with van der Waals surface area (Å²) >= 11 is 0. The third-order valence-electron chi connectivity index (χ3n) is 3.49. The largest absolute Gasteiger partial charge is 0.489 e. The maximum absolute atomic E-state index is 13.3. The third kappa shape index (κ3) is 3.57. The number of benzene rings is 2. The van der Waals surface area contributed by atoms with Gasteiger partial charge in [-0.3, -0.25) is 4.98 Å². The lowest BCUT2D eigenvalue weighted by Crippen LogP contribution is -2.02. The van der Waals surface area contributed by atoms with E-state index in [-0.39, 0.29) is 5.56 Å². The van der Waals surface area contributed by atoms with Crippen LogP contribution >= 0.6 is 0 Å². The molecule has 3 aromatic rings. The highest BCUT2D eigenvalue weighted by Gasteiger charge is 2.14. The maximum Gasteiger partial charge on any atom is 0.336 e. The SMILES string of the molecule is O=C(O)c1cc(OCc2ccccc2)ccc1-c1cncc(F)c1. The molecule has 1 N–H and O–H groups in total. The van der Waals surface area contributed by atoms with Gasteiger partial charge in [0.15, 0.2) is 0 Å². The molecule has 1 heterocycles. The standard InChI is InChI=1S/C19H14FNO3/c20-15-8-14(10-21-11-15)17-7-6-16(9-18(17)19(22)23)24-12-13-4-2-1-3-5-13/h1-11H,12H2,(H,22,23). The van der Waals surface area contributed by atoms with Crippen LogP contribution in [0.5, 0.6) is 5.75 Å². The number of halogens is 1. The van der Waals surface area contributed by atoms with Crippen molar-refractivity contribution in [1.82, 2.24) is 4.98 Å². The number of pyridine rings is 1. The van der Waals surface area contributed by atoms with Crippen LogP contribution < -0.4 is 4.74 Å². The molecule has 24 heavy (non-hydrogen) atoms. The summed E-state index contributed by atoms with van der Waals surface area (Å²) in [5, 5.41) is 9.44. The average Bonchev–Trinajstić information content (AvgIpc) is 2.60. The maximum atomic E-state index is 13.3. The zero-order valence-corrected chi connectivity index (χ0v) is 12.6. The van der Waals surface area contributed by atoms with Gasteiger partial charge in [0.2, 0.25) is 0 Å². The fourth-order valence-electron chi connectivity index (χ4n) is 2.34. The van der Waals surface area contributed by atoms with Crippen LogP contribution in [0.3, 0.4) is 0 Å². The number of aromatic nitrogens is 1. The number of carboxylic acids is 1. The number of carbonyl (C=O) groups is 1. The lowest BCUT2D eigenvalue weighted by Gasteiger charge is -2.11. The van der Waals surface area contributed by atoms with E-state index in [1.165, 1.54) is 18.3 Å². The van der Waals surface area contributed by atoms with Crippen molar-refractivity contribution < 1.29 is 19.0 Å². The van der Waals surface area contributed by atoms with Crippen LogP contribution in [0.1, 0.15) is 15.9 Å². The van der Waals surface area contributed by atoms with Gasteiger partial charge in [-0.05, 0) is 35.4 Å². The Labute approximate surface area is 138 Å². The fraction of sp³-hybridized carbons (Fsp3) is 0.0526. The normalized spacial score (nSPS) is 10.4. The van der Waals surface area contributed by atoms with Crippen LogP contribution in [-0.4, -0.2) is 16.1 Å². The summed E-state index contributed by atoms with van der Waals surface area (Å²) < 4.78 is 19.0. The topological polar surface area (TPSA) is 59.4 Å². The number of rotatable bonds is 5. The summed E-state index contributed by atoms with van der Waals surface area (Å²) in [5.74, 6) is -1.20. The van der Waals surface area contributed by atoms with E-state index in [0.29, 0.717) is 23.5 Å². The molecule has 2 aromatic carbocycles. The van der Waals surface area contributed by atoms with Gasteiger partial charge in [0.05, 0.1) is 11.8 Å². The highest BCUT2D eigenvalue weighted by Crippen LogP contribution is 2.28. The monoisotopic (exact) mass is 323 g/mol. The smallest absolute Gasteiger partial charge is 0.336 e. The summed E-state index contributed by atoms with van der Waals surface area (Å²) in [6.45, 7) is 0.334. The van der Waals surface area contributed by atoms with Crippen molar-refractivity contribution in [2.75, 3.05) is 0 Å². The molecule has 0 radical (unpaired) electrons. The molecular weight excluding hydrogens is 309 g/mol. The lowest BCUT2D eigenvalue weighted by atomic mass is 10.0. The number of aromatic carboxylic acids is 1. The molecule has 0 amide bonds. The van der Waals surface area contributed by atoms with Crippen LogP contribution in [0.15, 0.2) is 67.0 Å². The van der Waals surface area contributed by atoms with Crippen LogP contribution in [0, 0.1) is 5.82 Å². The molecule has 0 unspecified atom stereocenters. The summed E-state index contributed by atoms with van der Waals surface area (Å²) in [6.07, 6.45) is 2.50. The zero-order chi connectivity index (χ0) is 16.9. The molecule has 1 aromatic heterocycles. The van der Waals surface area contributed by atoms with E-state index in [9.17, 15) is 14.3 Å². The van der Waals surface area contributed by atoms with E-state index in [4.69, 9.17) is 4.74 Å². The van der Waals surface area contributed by atoms with Gasteiger partial charge in [-0.25, -0.2) is 9.18 Å². The zero-order valence-electron chi connectivity index (χ0n) is 12.6. The predicted molar refractivity (Wildman–Crippen MR) is 87.4 cm³/mol. The van der Waals surface area contributed by atoms with Crippen LogP contribution in [0.4, 0.5) is 4.39 Å². The lowest BCUT2D eigenvalue weighted by molar-refractivity contribution is 0.0697. The van der Waals surface area contributed by atoms with E-state index >= 15 is 0 Å². The molecule has 0 aliphatic rings. The van der Waals surface area contributed by atoms with Gasteiger partial charge in [-0.15, -0.1) is 0 Å². The molecule has 0 aliphatic carbocycles. The van der Waals surface area contributed by atoms with Crippen molar-refractivity contribution in [3.8, 4) is 16.9 Å². The second-order valence-corrected chi connectivity index (χ2v) is 5.18. The van der Waals surface area contributed by atoms with Gasteiger partial charge in [0.25, 0.3) is 0 Å². The number of hydrogen-bond acceptors (Lipinski definition) is 3. The Morgan fingerprint density at radius 1 is 1.08 bits per heavy atom. The van der Waals surface area contributed by atoms with E-state index in [1.54, 1.807) is 12.1 Å². The first-order valence-electron chi connectivity index (χ1n) is 7.28. The third-order valence-corrected chi connectivity index (χ3v) is 3.49. The molecule has 120 valence electrons. The minimum atomic E-state index is -1.11. The minimum Gasteiger partial charge on any atom is -0.489 e. The summed E-state index contributed by atoms with van der Waals surface area (Å²) in [7, 11) is 0. The quantitative estimate of drug-likeness (QED) is 0.766. The molecule has 0 aliphatic heterocycles. The summed E-state index contributed by atoms with van der Waals surface area (Å²) in [6, 6.07) is 15.5. The minimum absolute atomic E-state index is 0.0351. The number of nitrogens with zero attached hydrogens (tertiary/aromatic N) is 1. The van der Waals surface area contributed by atoms with Crippen LogP contribution in [-0.2, 0) is 6.61 Å². The predicted octanol–water partition coefficient (Wildman–Crippen LogP) is 4.16. The van der Waals surface area contributed by atoms with Crippen LogP contribution in [0.2, 0.25) is 0 Å². The van der Waals surface area contributed by atoms with Crippen LogP contribution in [0.25, 0.3) is 11.1 Å². The first-order chi connectivity index (χ1) is 11.6. The molecule has 0 saturated heterocycles. The Kier molecular flexibility index (Phi) is 4.52. The van der Waals surface area contributed by atoms with Crippen molar-refractivity contribution in [2.45, 2.75) is 6.61 Å². The van der Waals surface area contributed by atoms with Gasteiger partial charge in [-0.2, -0.15) is 0 Å². The van der Waals surface area contributed by atoms with Gasteiger partial charge in [0, 0.05) is 11.8 Å². The Bertz CT molecular complexity index is 865. The first-order valence-corrected chi connectivity index (χ1v) is 7.28. The Morgan fingerprint density at radius 3 is 2.58 bits per heavy atom. The van der Waals surface area contributed by atoms with Crippen molar-refractivity contribution in [3.05, 3.63) is 83.9 Å². The molecule has 0 fully saturated rings. The van der Waals surface area contributed by atoms with E-state index in [1.807, 2.05) is 30.3 Å². The molecule has 3 rings (SSSR count). The molecule has 0 saturated carbocycles. The fourth-order valence-corrected chi connectivity index (χ4v) is 2.34. The highest BCUT2D eigenvalue weighted by molar-refractivity contribution is 5.96. The number of hydrogen-bond donors (Lipinski definition) is 1. The Hall–Kier alpha value is -3.21. The average molecular weight is 323 g/mol. The van der Waals surface area contributed by atoms with E-state index < -0.39 is 11.8 Å². The Balaban J connectivity index is 1.89. The second-order valence-electron chi connectivity index (χ2n) is 5.18.